The minimum absolute atomic E-state index is 0.298. The molecule has 0 bridgehead atoms. The lowest BCUT2D eigenvalue weighted by Crippen LogP contribution is -1.94. The van der Waals surface area contributed by atoms with Crippen molar-refractivity contribution in [2.75, 3.05) is 12.8 Å². The summed E-state index contributed by atoms with van der Waals surface area (Å²) < 4.78 is 18.9. The van der Waals surface area contributed by atoms with E-state index < -0.39 is 0 Å². The molecule has 26 heavy (non-hydrogen) atoms. The van der Waals surface area contributed by atoms with E-state index in [4.69, 9.17) is 10.5 Å². The van der Waals surface area contributed by atoms with Crippen molar-refractivity contribution in [1.29, 1.82) is 0 Å². The number of aromatic amines is 1. The second kappa shape index (κ2) is 7.23. The van der Waals surface area contributed by atoms with E-state index in [1.807, 2.05) is 19.1 Å². The van der Waals surface area contributed by atoms with Crippen LogP contribution < -0.4 is 10.5 Å². The van der Waals surface area contributed by atoms with Gasteiger partial charge in [0, 0.05) is 17.8 Å². The number of fused-ring (bicyclic) bond motifs is 1. The average molecular weight is 350 g/mol. The summed E-state index contributed by atoms with van der Waals surface area (Å²) in [6, 6.07) is 7.93. The van der Waals surface area contributed by atoms with Crippen LogP contribution >= 0.6 is 0 Å². The Labute approximate surface area is 150 Å². The predicted molar refractivity (Wildman–Crippen MR) is 105 cm³/mol. The zero-order valence-electron chi connectivity index (χ0n) is 14.6. The highest BCUT2D eigenvalue weighted by molar-refractivity contribution is 6.04. The number of ether oxygens (including phenoxy) is 1. The summed E-state index contributed by atoms with van der Waals surface area (Å²) in [5.41, 5.74) is 9.87. The van der Waals surface area contributed by atoms with E-state index in [9.17, 15) is 4.39 Å². The molecule has 0 aliphatic rings. The number of nitrogens with zero attached hydrogens (tertiary/aromatic N) is 2. The number of aromatic nitrogens is 2. The van der Waals surface area contributed by atoms with Gasteiger partial charge in [-0.2, -0.15) is 0 Å². The largest absolute Gasteiger partial charge is 0.496 e. The molecular formula is C20H19FN4O. The lowest BCUT2D eigenvalue weighted by molar-refractivity contribution is 0.419. The molecule has 0 unspecified atom stereocenters. The smallest absolute Gasteiger partial charge is 0.144 e. The van der Waals surface area contributed by atoms with Gasteiger partial charge in [0.1, 0.15) is 23.0 Å². The highest BCUT2D eigenvalue weighted by Gasteiger charge is 2.20. The molecule has 0 atom stereocenters. The first-order chi connectivity index (χ1) is 12.6. The molecule has 0 aliphatic carbocycles. The molecule has 0 saturated heterocycles. The van der Waals surface area contributed by atoms with E-state index in [1.54, 1.807) is 31.5 Å². The molecule has 0 radical (unpaired) electrons. The van der Waals surface area contributed by atoms with Gasteiger partial charge in [0.2, 0.25) is 0 Å². The summed E-state index contributed by atoms with van der Waals surface area (Å²) in [5, 5.41) is 0.794. The average Bonchev–Trinajstić information content (AvgIpc) is 3.01. The Morgan fingerprint density at radius 2 is 2.08 bits per heavy atom. The topological polar surface area (TPSA) is 76.3 Å². The Hall–Kier alpha value is -3.41. The van der Waals surface area contributed by atoms with Gasteiger partial charge in [-0.15, -0.1) is 0 Å². The molecule has 5 nitrogen and oxygen atoms in total. The first kappa shape index (κ1) is 17.4. The molecule has 1 aromatic carbocycles. The SMILES string of the molecule is C=N/C=C\C(=C/C)c1c(-c2ccc(F)cc2)[nH]c2nc(N)cc(OC)c12. The lowest BCUT2D eigenvalue weighted by atomic mass is 9.98. The van der Waals surface area contributed by atoms with E-state index in [1.165, 1.54) is 12.1 Å². The number of aliphatic imine (C=N–C) groups is 1. The van der Waals surface area contributed by atoms with Crippen LogP contribution in [0.25, 0.3) is 27.9 Å². The number of hydrogen-bond donors (Lipinski definition) is 2. The fourth-order valence-corrected chi connectivity index (χ4v) is 2.92. The van der Waals surface area contributed by atoms with Crippen molar-refractivity contribution in [3.8, 4) is 17.0 Å². The van der Waals surface area contributed by atoms with Crippen LogP contribution in [0.1, 0.15) is 12.5 Å². The van der Waals surface area contributed by atoms with Crippen molar-refractivity contribution >= 4 is 29.1 Å². The van der Waals surface area contributed by atoms with Crippen LogP contribution in [0, 0.1) is 5.82 Å². The van der Waals surface area contributed by atoms with Gasteiger partial charge in [-0.25, -0.2) is 9.37 Å². The number of allylic oxidation sites excluding steroid dienone is 3. The second-order valence-corrected chi connectivity index (χ2v) is 5.60. The molecular weight excluding hydrogens is 331 g/mol. The van der Waals surface area contributed by atoms with E-state index in [0.717, 1.165) is 27.8 Å². The molecule has 2 aromatic heterocycles. The lowest BCUT2D eigenvalue weighted by Gasteiger charge is -2.09. The van der Waals surface area contributed by atoms with Gasteiger partial charge in [-0.05, 0) is 55.1 Å². The van der Waals surface area contributed by atoms with E-state index in [-0.39, 0.29) is 5.82 Å². The van der Waals surface area contributed by atoms with Crippen LogP contribution in [0.4, 0.5) is 10.2 Å². The van der Waals surface area contributed by atoms with Gasteiger partial charge in [0.25, 0.3) is 0 Å². The molecule has 3 aromatic rings. The fourth-order valence-electron chi connectivity index (χ4n) is 2.92. The highest BCUT2D eigenvalue weighted by Crippen LogP contribution is 2.40. The molecule has 2 heterocycles. The van der Waals surface area contributed by atoms with Crippen molar-refractivity contribution in [3.05, 3.63) is 60.1 Å². The van der Waals surface area contributed by atoms with Crippen LogP contribution in [0.15, 0.2) is 53.7 Å². The Morgan fingerprint density at radius 3 is 2.69 bits per heavy atom. The van der Waals surface area contributed by atoms with Crippen LogP contribution in [-0.2, 0) is 0 Å². The number of nitrogen functional groups attached to an aromatic ring is 1. The van der Waals surface area contributed by atoms with Crippen molar-refractivity contribution in [2.24, 2.45) is 4.99 Å². The van der Waals surface area contributed by atoms with Crippen molar-refractivity contribution in [3.63, 3.8) is 0 Å². The summed E-state index contributed by atoms with van der Waals surface area (Å²) in [5.74, 6) is 0.651. The molecule has 0 amide bonds. The molecule has 3 rings (SSSR count). The molecule has 0 spiro atoms. The number of anilines is 1. The van der Waals surface area contributed by atoms with Crippen LogP contribution in [0.2, 0.25) is 0 Å². The number of benzene rings is 1. The molecule has 0 fully saturated rings. The molecule has 0 saturated carbocycles. The summed E-state index contributed by atoms with van der Waals surface area (Å²) >= 11 is 0. The maximum atomic E-state index is 13.4. The first-order valence-electron chi connectivity index (χ1n) is 8.00. The second-order valence-electron chi connectivity index (χ2n) is 5.60. The normalized spacial score (nSPS) is 12.0. The van der Waals surface area contributed by atoms with Gasteiger partial charge >= 0.3 is 0 Å². The fraction of sp³-hybridized carbons (Fsp3) is 0.100. The van der Waals surface area contributed by atoms with Crippen LogP contribution in [0.5, 0.6) is 5.75 Å². The monoisotopic (exact) mass is 350 g/mol. The van der Waals surface area contributed by atoms with Gasteiger partial charge in [0.15, 0.2) is 0 Å². The van der Waals surface area contributed by atoms with E-state index in [2.05, 4.69) is 21.7 Å². The first-order valence-corrected chi connectivity index (χ1v) is 8.00. The summed E-state index contributed by atoms with van der Waals surface area (Å²) in [6.07, 6.45) is 5.41. The Kier molecular flexibility index (Phi) is 4.84. The number of H-pyrrole nitrogens is 1. The number of methoxy groups -OCH3 is 1. The molecule has 132 valence electrons. The summed E-state index contributed by atoms with van der Waals surface area (Å²) in [6.45, 7) is 5.40. The predicted octanol–water partition coefficient (Wildman–Crippen LogP) is 4.58. The maximum absolute atomic E-state index is 13.4. The Balaban J connectivity index is 2.39. The van der Waals surface area contributed by atoms with E-state index >= 15 is 0 Å². The van der Waals surface area contributed by atoms with Crippen LogP contribution in [-0.4, -0.2) is 23.8 Å². The number of pyridine rings is 1. The standard InChI is InChI=1S/C20H19FN4O/c1-4-12(9-10-23-2)17-18-15(26-3)11-16(22)24-20(18)25-19(17)13-5-7-14(21)8-6-13/h4-11H,2H2,1,3H3,(H3,22,24,25)/b10-9-,12-4+. The molecule has 6 heteroatoms. The van der Waals surface area contributed by atoms with Gasteiger partial charge in [0.05, 0.1) is 18.2 Å². The van der Waals surface area contributed by atoms with E-state index in [0.29, 0.717) is 17.2 Å². The summed E-state index contributed by atoms with van der Waals surface area (Å²) in [7, 11) is 1.58. The number of nitrogens with one attached hydrogen (secondary N) is 1. The highest BCUT2D eigenvalue weighted by atomic mass is 19.1. The Bertz CT molecular complexity index is 1020. The Morgan fingerprint density at radius 1 is 1.35 bits per heavy atom. The maximum Gasteiger partial charge on any atom is 0.144 e. The quantitative estimate of drug-likeness (QED) is 0.522. The van der Waals surface area contributed by atoms with Gasteiger partial charge in [-0.1, -0.05) is 6.08 Å². The minimum atomic E-state index is -0.298. The van der Waals surface area contributed by atoms with Gasteiger partial charge in [-0.3, -0.25) is 4.99 Å². The zero-order chi connectivity index (χ0) is 18.7. The zero-order valence-corrected chi connectivity index (χ0v) is 14.6. The molecule has 0 aliphatic heterocycles. The minimum Gasteiger partial charge on any atom is -0.496 e. The van der Waals surface area contributed by atoms with Crippen molar-refractivity contribution in [1.82, 2.24) is 9.97 Å². The third kappa shape index (κ3) is 3.09. The third-order valence-corrected chi connectivity index (χ3v) is 4.06. The molecule has 3 N–H and O–H groups in total. The van der Waals surface area contributed by atoms with Crippen molar-refractivity contribution in [2.45, 2.75) is 6.92 Å². The third-order valence-electron chi connectivity index (χ3n) is 4.06. The number of hydrogen-bond acceptors (Lipinski definition) is 4. The summed E-state index contributed by atoms with van der Waals surface area (Å²) in [4.78, 5) is 11.5. The van der Waals surface area contributed by atoms with Crippen molar-refractivity contribution < 1.29 is 9.13 Å². The van der Waals surface area contributed by atoms with Gasteiger partial charge < -0.3 is 15.5 Å². The number of halogens is 1. The number of rotatable bonds is 5. The van der Waals surface area contributed by atoms with Crippen LogP contribution in [0.3, 0.4) is 0 Å². The number of nitrogens with two attached hydrogens (primary N) is 1.